The Morgan fingerprint density at radius 1 is 1.30 bits per heavy atom. The number of nitrogens with two attached hydrogens (primary N) is 1. The summed E-state index contributed by atoms with van der Waals surface area (Å²) in [5, 5.41) is 0. The maximum absolute atomic E-state index is 5.76. The number of hydrogen-bond donors (Lipinski definition) is 1. The van der Waals surface area contributed by atoms with Crippen LogP contribution < -0.4 is 5.73 Å². The summed E-state index contributed by atoms with van der Waals surface area (Å²) >= 11 is 0. The molecule has 1 saturated heterocycles. The van der Waals surface area contributed by atoms with Gasteiger partial charge in [0.1, 0.15) is 0 Å². The third kappa shape index (κ3) is 7.05. The molecule has 20 heavy (non-hydrogen) atoms. The highest BCUT2D eigenvalue weighted by molar-refractivity contribution is 4.75. The van der Waals surface area contributed by atoms with E-state index in [1.165, 1.54) is 38.8 Å². The summed E-state index contributed by atoms with van der Waals surface area (Å²) in [4.78, 5) is 2.49. The van der Waals surface area contributed by atoms with Crippen LogP contribution in [0.5, 0.6) is 0 Å². The molecule has 0 saturated carbocycles. The molecular formula is C17H36N2O. The van der Waals surface area contributed by atoms with Crippen LogP contribution in [0.4, 0.5) is 0 Å². The zero-order valence-electron chi connectivity index (χ0n) is 14.2. The molecule has 0 aromatic heterocycles. The third-order valence-corrected chi connectivity index (χ3v) is 4.66. The molecule has 0 bridgehead atoms. The second-order valence-electron chi connectivity index (χ2n) is 7.63. The molecule has 1 heterocycles. The number of ether oxygens (including phenoxy) is 1. The average Bonchev–Trinajstić information content (AvgIpc) is 2.37. The van der Waals surface area contributed by atoms with Crippen LogP contribution in [-0.4, -0.2) is 44.8 Å². The van der Waals surface area contributed by atoms with Crippen LogP contribution in [0, 0.1) is 17.3 Å². The Balaban J connectivity index is 2.20. The summed E-state index contributed by atoms with van der Waals surface area (Å²) < 4.78 is 5.56. The van der Waals surface area contributed by atoms with Crippen LogP contribution in [-0.2, 0) is 4.74 Å². The van der Waals surface area contributed by atoms with Gasteiger partial charge in [-0.2, -0.15) is 0 Å². The average molecular weight is 284 g/mol. The lowest BCUT2D eigenvalue weighted by atomic mass is 9.76. The first-order valence-corrected chi connectivity index (χ1v) is 8.40. The number of hydrogen-bond acceptors (Lipinski definition) is 3. The van der Waals surface area contributed by atoms with E-state index in [4.69, 9.17) is 10.5 Å². The first kappa shape index (κ1) is 17.9. The van der Waals surface area contributed by atoms with Gasteiger partial charge < -0.3 is 15.4 Å². The third-order valence-electron chi connectivity index (χ3n) is 4.66. The molecule has 1 rings (SSSR count). The zero-order valence-corrected chi connectivity index (χ0v) is 14.2. The van der Waals surface area contributed by atoms with E-state index in [1.54, 1.807) is 0 Å². The molecular weight excluding hydrogens is 248 g/mol. The van der Waals surface area contributed by atoms with Crippen molar-refractivity contribution in [2.24, 2.45) is 23.0 Å². The van der Waals surface area contributed by atoms with E-state index in [-0.39, 0.29) is 0 Å². The molecule has 0 aromatic rings. The standard InChI is InChI=1S/C17H36N2O/c1-17(2,3)16(9-10-18)8-5-11-19(4)13-15-7-6-12-20-14-15/h15-16H,5-14,18H2,1-4H3. The van der Waals surface area contributed by atoms with Gasteiger partial charge in [0, 0.05) is 13.2 Å². The van der Waals surface area contributed by atoms with Gasteiger partial charge in [0.05, 0.1) is 6.61 Å². The van der Waals surface area contributed by atoms with E-state index < -0.39 is 0 Å². The molecule has 3 heteroatoms. The van der Waals surface area contributed by atoms with Gasteiger partial charge in [0.15, 0.2) is 0 Å². The van der Waals surface area contributed by atoms with E-state index in [0.717, 1.165) is 38.0 Å². The lowest BCUT2D eigenvalue weighted by Crippen LogP contribution is -2.32. The predicted molar refractivity (Wildman–Crippen MR) is 86.9 cm³/mol. The molecule has 0 aromatic carbocycles. The van der Waals surface area contributed by atoms with E-state index in [0.29, 0.717) is 5.41 Å². The topological polar surface area (TPSA) is 38.5 Å². The molecule has 0 amide bonds. The summed E-state index contributed by atoms with van der Waals surface area (Å²) in [6.07, 6.45) is 6.31. The van der Waals surface area contributed by atoms with Crippen molar-refractivity contribution in [3.05, 3.63) is 0 Å². The quantitative estimate of drug-likeness (QED) is 0.744. The number of nitrogens with zero attached hydrogens (tertiary/aromatic N) is 1. The van der Waals surface area contributed by atoms with Gasteiger partial charge in [0.2, 0.25) is 0 Å². The van der Waals surface area contributed by atoms with Gasteiger partial charge in [-0.3, -0.25) is 0 Å². The molecule has 1 aliphatic heterocycles. The second-order valence-corrected chi connectivity index (χ2v) is 7.63. The Morgan fingerprint density at radius 3 is 2.60 bits per heavy atom. The van der Waals surface area contributed by atoms with E-state index in [2.05, 4.69) is 32.7 Å². The molecule has 0 spiro atoms. The molecule has 3 nitrogen and oxygen atoms in total. The highest BCUT2D eigenvalue weighted by atomic mass is 16.5. The van der Waals surface area contributed by atoms with Crippen molar-refractivity contribution in [2.75, 3.05) is 39.9 Å². The Kier molecular flexibility index (Phi) is 8.08. The Morgan fingerprint density at radius 2 is 2.05 bits per heavy atom. The van der Waals surface area contributed by atoms with Gasteiger partial charge in [-0.15, -0.1) is 0 Å². The zero-order chi connectivity index (χ0) is 15.0. The number of rotatable bonds is 8. The Bertz CT molecular complexity index is 244. The lowest BCUT2D eigenvalue weighted by molar-refractivity contribution is 0.0415. The summed E-state index contributed by atoms with van der Waals surface area (Å²) in [5.74, 6) is 1.50. The molecule has 1 aliphatic rings. The summed E-state index contributed by atoms with van der Waals surface area (Å²) in [6, 6.07) is 0. The van der Waals surface area contributed by atoms with Gasteiger partial charge in [-0.05, 0) is 69.5 Å². The fourth-order valence-electron chi connectivity index (χ4n) is 3.30. The maximum atomic E-state index is 5.76. The van der Waals surface area contributed by atoms with Crippen molar-refractivity contribution in [2.45, 2.75) is 52.9 Å². The van der Waals surface area contributed by atoms with Crippen molar-refractivity contribution >= 4 is 0 Å². The second kappa shape index (κ2) is 9.01. The van der Waals surface area contributed by atoms with Gasteiger partial charge in [-0.25, -0.2) is 0 Å². The van der Waals surface area contributed by atoms with E-state index >= 15 is 0 Å². The van der Waals surface area contributed by atoms with Crippen molar-refractivity contribution in [3.8, 4) is 0 Å². The first-order chi connectivity index (χ1) is 9.43. The molecule has 120 valence electrons. The molecule has 1 fully saturated rings. The normalized spacial score (nSPS) is 22.2. The Labute approximate surface area is 126 Å². The van der Waals surface area contributed by atoms with Crippen LogP contribution >= 0.6 is 0 Å². The first-order valence-electron chi connectivity index (χ1n) is 8.40. The minimum Gasteiger partial charge on any atom is -0.381 e. The Hall–Kier alpha value is -0.120. The van der Waals surface area contributed by atoms with E-state index in [1.807, 2.05) is 0 Å². The van der Waals surface area contributed by atoms with Gasteiger partial charge in [-0.1, -0.05) is 20.8 Å². The van der Waals surface area contributed by atoms with Crippen molar-refractivity contribution < 1.29 is 4.74 Å². The molecule has 0 aliphatic carbocycles. The van der Waals surface area contributed by atoms with Crippen molar-refractivity contribution in [3.63, 3.8) is 0 Å². The summed E-state index contributed by atoms with van der Waals surface area (Å²) in [6.45, 7) is 12.2. The van der Waals surface area contributed by atoms with Crippen LogP contribution in [0.2, 0.25) is 0 Å². The molecule has 2 atom stereocenters. The predicted octanol–water partition coefficient (Wildman–Crippen LogP) is 3.14. The lowest BCUT2D eigenvalue weighted by Gasteiger charge is -2.32. The molecule has 0 radical (unpaired) electrons. The smallest absolute Gasteiger partial charge is 0.0506 e. The molecule has 2 unspecified atom stereocenters. The van der Waals surface area contributed by atoms with Crippen LogP contribution in [0.25, 0.3) is 0 Å². The SMILES string of the molecule is CN(CCCC(CCN)C(C)(C)C)CC1CCCOC1. The largest absolute Gasteiger partial charge is 0.381 e. The fraction of sp³-hybridized carbons (Fsp3) is 1.00. The van der Waals surface area contributed by atoms with Crippen LogP contribution in [0.1, 0.15) is 52.9 Å². The fourth-order valence-corrected chi connectivity index (χ4v) is 3.30. The van der Waals surface area contributed by atoms with Crippen molar-refractivity contribution in [1.82, 2.24) is 4.90 Å². The van der Waals surface area contributed by atoms with Crippen molar-refractivity contribution in [1.29, 1.82) is 0 Å². The summed E-state index contributed by atoms with van der Waals surface area (Å²) in [7, 11) is 2.25. The monoisotopic (exact) mass is 284 g/mol. The maximum Gasteiger partial charge on any atom is 0.0506 e. The van der Waals surface area contributed by atoms with Crippen LogP contribution in [0.15, 0.2) is 0 Å². The molecule has 2 N–H and O–H groups in total. The highest BCUT2D eigenvalue weighted by Crippen LogP contribution is 2.32. The minimum absolute atomic E-state index is 0.384. The highest BCUT2D eigenvalue weighted by Gasteiger charge is 2.23. The minimum atomic E-state index is 0.384. The van der Waals surface area contributed by atoms with Gasteiger partial charge in [0.25, 0.3) is 0 Å². The van der Waals surface area contributed by atoms with Crippen LogP contribution in [0.3, 0.4) is 0 Å². The summed E-state index contributed by atoms with van der Waals surface area (Å²) in [5.41, 5.74) is 6.14. The van der Waals surface area contributed by atoms with E-state index in [9.17, 15) is 0 Å². The van der Waals surface area contributed by atoms with Gasteiger partial charge >= 0.3 is 0 Å².